The van der Waals surface area contributed by atoms with Gasteiger partial charge in [0.15, 0.2) is 0 Å². The normalized spacial score (nSPS) is 13.3. The van der Waals surface area contributed by atoms with Gasteiger partial charge in [0, 0.05) is 17.9 Å². The van der Waals surface area contributed by atoms with Crippen LogP contribution in [-0.2, 0) is 20.7 Å². The van der Waals surface area contributed by atoms with E-state index in [1.807, 2.05) is 6.92 Å². The first-order valence-electron chi connectivity index (χ1n) is 3.25. The van der Waals surface area contributed by atoms with Gasteiger partial charge in [-0.15, -0.1) is 0 Å². The molecule has 0 fully saturated rings. The third-order valence-electron chi connectivity index (χ3n) is 0.855. The zero-order valence-electron chi connectivity index (χ0n) is 6.37. The molecular weight excluding hydrogens is 170 g/mol. The minimum Gasteiger partial charge on any atom is -0.760 e. The maximum absolute atomic E-state index is 9.87. The number of nitrogens with one attached hydrogen (secondary N) is 1. The Morgan fingerprint density at radius 1 is 1.45 bits per heavy atom. The van der Waals surface area contributed by atoms with E-state index in [1.165, 1.54) is 0 Å². The maximum atomic E-state index is 9.87. The average Bonchev–Trinajstić information content (AvgIpc) is 1.96. The van der Waals surface area contributed by atoms with Crippen LogP contribution in [0.1, 0.15) is 6.92 Å². The third-order valence-corrected chi connectivity index (χ3v) is 1.21. The molecule has 0 saturated heterocycles. The Morgan fingerprint density at radius 2 is 2.09 bits per heavy atom. The summed E-state index contributed by atoms with van der Waals surface area (Å²) >= 11 is -2.24. The molecule has 1 atom stereocenters. The quantitative estimate of drug-likeness (QED) is 0.323. The fourth-order valence-corrected chi connectivity index (χ4v) is 0.604. The van der Waals surface area contributed by atoms with Crippen LogP contribution in [0.5, 0.6) is 0 Å². The number of hydrogen-bond donors (Lipinski definition) is 1. The van der Waals surface area contributed by atoms with Gasteiger partial charge >= 0.3 is 0 Å². The zero-order valence-corrected chi connectivity index (χ0v) is 7.19. The van der Waals surface area contributed by atoms with Crippen molar-refractivity contribution in [3.63, 3.8) is 0 Å². The van der Waals surface area contributed by atoms with Crippen molar-refractivity contribution in [1.29, 1.82) is 0 Å². The molecule has 1 N–H and O–H groups in total. The highest BCUT2D eigenvalue weighted by Crippen LogP contribution is 1.76. The van der Waals surface area contributed by atoms with Gasteiger partial charge in [-0.25, -0.2) is 4.72 Å². The summed E-state index contributed by atoms with van der Waals surface area (Å²) in [6, 6.07) is 0. The van der Waals surface area contributed by atoms with E-state index in [0.29, 0.717) is 19.8 Å². The van der Waals surface area contributed by atoms with Crippen molar-refractivity contribution in [2.45, 2.75) is 6.92 Å². The summed E-state index contributed by atoms with van der Waals surface area (Å²) in [5.74, 6) is 0. The molecule has 0 aliphatic heterocycles. The Kier molecular flexibility index (Phi) is 8.08. The van der Waals surface area contributed by atoms with Crippen LogP contribution < -0.4 is 4.72 Å². The molecule has 0 aromatic carbocycles. The largest absolute Gasteiger partial charge is 0.760 e. The highest BCUT2D eigenvalue weighted by atomic mass is 32.2. The van der Waals surface area contributed by atoms with Gasteiger partial charge in [-0.3, -0.25) is 4.21 Å². The molecule has 0 saturated carbocycles. The average molecular weight is 182 g/mol. The van der Waals surface area contributed by atoms with Crippen LogP contribution in [-0.4, -0.2) is 35.3 Å². The van der Waals surface area contributed by atoms with Crippen molar-refractivity contribution >= 4 is 11.3 Å². The SMILES string of the molecule is CCOCCOCNS(=O)[O-]. The van der Waals surface area contributed by atoms with Gasteiger partial charge in [0.2, 0.25) is 0 Å². The van der Waals surface area contributed by atoms with E-state index in [-0.39, 0.29) is 6.73 Å². The summed E-state index contributed by atoms with van der Waals surface area (Å²) in [4.78, 5) is 0. The van der Waals surface area contributed by atoms with Crippen molar-refractivity contribution < 1.29 is 18.2 Å². The van der Waals surface area contributed by atoms with E-state index in [4.69, 9.17) is 9.47 Å². The van der Waals surface area contributed by atoms with E-state index in [1.54, 1.807) is 0 Å². The molecule has 0 radical (unpaired) electrons. The van der Waals surface area contributed by atoms with E-state index in [9.17, 15) is 8.76 Å². The van der Waals surface area contributed by atoms with Gasteiger partial charge < -0.3 is 14.0 Å². The van der Waals surface area contributed by atoms with Crippen molar-refractivity contribution in [3.8, 4) is 0 Å². The summed E-state index contributed by atoms with van der Waals surface area (Å²) < 4.78 is 31.5. The van der Waals surface area contributed by atoms with Gasteiger partial charge in [-0.05, 0) is 6.92 Å². The lowest BCUT2D eigenvalue weighted by Crippen LogP contribution is -2.21. The van der Waals surface area contributed by atoms with E-state index in [2.05, 4.69) is 4.72 Å². The maximum Gasteiger partial charge on any atom is 0.107 e. The first kappa shape index (κ1) is 11.0. The topological polar surface area (TPSA) is 70.6 Å². The Balaban J connectivity index is 2.85. The summed E-state index contributed by atoms with van der Waals surface area (Å²) in [7, 11) is 0. The van der Waals surface area contributed by atoms with Crippen LogP contribution in [0.15, 0.2) is 0 Å². The van der Waals surface area contributed by atoms with E-state index < -0.39 is 11.3 Å². The second-order valence-electron chi connectivity index (χ2n) is 1.63. The van der Waals surface area contributed by atoms with Crippen molar-refractivity contribution in [3.05, 3.63) is 0 Å². The zero-order chi connectivity index (χ0) is 8.53. The molecule has 0 aromatic heterocycles. The molecule has 0 aromatic rings. The van der Waals surface area contributed by atoms with Crippen LogP contribution in [0.25, 0.3) is 0 Å². The Labute approximate surface area is 68.5 Å². The number of rotatable bonds is 7. The lowest BCUT2D eigenvalue weighted by molar-refractivity contribution is 0.0512. The number of hydrogen-bond acceptors (Lipinski definition) is 4. The molecule has 68 valence electrons. The Bertz CT molecular complexity index is 111. The van der Waals surface area contributed by atoms with Gasteiger partial charge in [0.25, 0.3) is 0 Å². The Hall–Kier alpha value is -0.0100. The molecule has 0 spiro atoms. The second kappa shape index (κ2) is 8.09. The molecule has 0 heterocycles. The lowest BCUT2D eigenvalue weighted by Gasteiger charge is -2.07. The van der Waals surface area contributed by atoms with Crippen molar-refractivity contribution in [1.82, 2.24) is 4.72 Å². The standard InChI is InChI=1S/C5H13NO4S/c1-2-9-3-4-10-5-6-11(7)8/h6H,2-5H2,1H3,(H,7,8)/p-1. The summed E-state index contributed by atoms with van der Waals surface area (Å²) in [6.07, 6.45) is 0. The van der Waals surface area contributed by atoms with Gasteiger partial charge in [-0.2, -0.15) is 0 Å². The summed E-state index contributed by atoms with van der Waals surface area (Å²) in [5.41, 5.74) is 0. The second-order valence-corrected chi connectivity index (χ2v) is 2.39. The first-order valence-corrected chi connectivity index (χ1v) is 4.33. The van der Waals surface area contributed by atoms with Crippen molar-refractivity contribution in [2.75, 3.05) is 26.6 Å². The molecule has 6 heteroatoms. The molecule has 0 bridgehead atoms. The van der Waals surface area contributed by atoms with E-state index in [0.717, 1.165) is 0 Å². The predicted octanol–water partition coefficient (Wildman–Crippen LogP) is -0.619. The minimum atomic E-state index is -2.24. The molecule has 0 aliphatic rings. The van der Waals surface area contributed by atoms with Crippen molar-refractivity contribution in [2.24, 2.45) is 0 Å². The minimum absolute atomic E-state index is 0.00316. The molecule has 0 amide bonds. The molecule has 1 unspecified atom stereocenters. The molecular formula is C5H12NO4S-. The van der Waals surface area contributed by atoms with Crippen LogP contribution in [0.2, 0.25) is 0 Å². The first-order chi connectivity index (χ1) is 5.27. The molecule has 0 rings (SSSR count). The van der Waals surface area contributed by atoms with Gasteiger partial charge in [-0.1, -0.05) is 0 Å². The van der Waals surface area contributed by atoms with Crippen LogP contribution >= 0.6 is 0 Å². The number of ether oxygens (including phenoxy) is 2. The predicted molar refractivity (Wildman–Crippen MR) is 39.4 cm³/mol. The molecule has 5 nitrogen and oxygen atoms in total. The third kappa shape index (κ3) is 9.99. The molecule has 0 aliphatic carbocycles. The summed E-state index contributed by atoms with van der Waals surface area (Å²) in [6.45, 7) is 3.42. The lowest BCUT2D eigenvalue weighted by atomic mass is 10.7. The summed E-state index contributed by atoms with van der Waals surface area (Å²) in [5, 5.41) is 0. The highest BCUT2D eigenvalue weighted by Gasteiger charge is 1.86. The molecule has 11 heavy (non-hydrogen) atoms. The fraction of sp³-hybridized carbons (Fsp3) is 1.00. The monoisotopic (exact) mass is 182 g/mol. The fourth-order valence-electron chi connectivity index (χ4n) is 0.424. The Morgan fingerprint density at radius 3 is 2.64 bits per heavy atom. The smallest absolute Gasteiger partial charge is 0.107 e. The van der Waals surface area contributed by atoms with Crippen LogP contribution in [0, 0.1) is 0 Å². The van der Waals surface area contributed by atoms with Crippen LogP contribution in [0.3, 0.4) is 0 Å². The van der Waals surface area contributed by atoms with Crippen LogP contribution in [0.4, 0.5) is 0 Å². The van der Waals surface area contributed by atoms with Gasteiger partial charge in [0.05, 0.1) is 13.2 Å². The van der Waals surface area contributed by atoms with E-state index >= 15 is 0 Å². The van der Waals surface area contributed by atoms with Gasteiger partial charge in [0.1, 0.15) is 6.73 Å². The highest BCUT2D eigenvalue weighted by molar-refractivity contribution is 7.77.